The molecule has 1 aliphatic heterocycles. The van der Waals surface area contributed by atoms with Crippen molar-refractivity contribution < 1.29 is 9.53 Å². The van der Waals surface area contributed by atoms with E-state index in [1.54, 1.807) is 7.11 Å². The van der Waals surface area contributed by atoms with Crippen LogP contribution in [0.4, 0.5) is 4.79 Å². The van der Waals surface area contributed by atoms with Gasteiger partial charge in [-0.2, -0.15) is 0 Å². The summed E-state index contributed by atoms with van der Waals surface area (Å²) in [4.78, 5) is 14.6. The minimum Gasteiger partial charge on any atom is -0.497 e. The predicted molar refractivity (Wildman–Crippen MR) is 122 cm³/mol. The molecule has 1 aliphatic rings. The molecule has 2 aromatic carbocycles. The van der Waals surface area contributed by atoms with Gasteiger partial charge in [-0.3, -0.25) is 0 Å². The number of hydrogen-bond acceptors (Lipinski definition) is 3. The fourth-order valence-electron chi connectivity index (χ4n) is 4.16. The first-order chi connectivity index (χ1) is 14.7. The van der Waals surface area contributed by atoms with Gasteiger partial charge in [-0.05, 0) is 74.4 Å². The summed E-state index contributed by atoms with van der Waals surface area (Å²) in [6.07, 6.45) is 5.94. The molecule has 0 bridgehead atoms. The smallest absolute Gasteiger partial charge is 0.315 e. The van der Waals surface area contributed by atoms with Gasteiger partial charge >= 0.3 is 6.03 Å². The van der Waals surface area contributed by atoms with Crippen molar-refractivity contribution in [2.45, 2.75) is 38.6 Å². The van der Waals surface area contributed by atoms with Gasteiger partial charge in [0.2, 0.25) is 0 Å². The first-order valence-corrected chi connectivity index (χ1v) is 11.1. The molecular weight excluding hydrogens is 374 g/mol. The van der Waals surface area contributed by atoms with Crippen molar-refractivity contribution >= 4 is 6.03 Å². The SMILES string of the molecule is COc1cccc(CNC(=O)NCCCCN2CCCC(Cc3ccccc3)C2)c1. The van der Waals surface area contributed by atoms with E-state index in [2.05, 4.69) is 45.9 Å². The number of methoxy groups -OCH3 is 1. The summed E-state index contributed by atoms with van der Waals surface area (Å²) in [5.41, 5.74) is 2.48. The van der Waals surface area contributed by atoms with Crippen LogP contribution < -0.4 is 15.4 Å². The maximum atomic E-state index is 12.0. The molecule has 5 nitrogen and oxygen atoms in total. The summed E-state index contributed by atoms with van der Waals surface area (Å²) < 4.78 is 5.21. The Morgan fingerprint density at radius 2 is 1.90 bits per heavy atom. The number of ether oxygens (including phenoxy) is 1. The third kappa shape index (κ3) is 7.71. The van der Waals surface area contributed by atoms with Gasteiger partial charge in [0.05, 0.1) is 7.11 Å². The molecule has 1 atom stereocenters. The molecule has 1 unspecified atom stereocenters. The van der Waals surface area contributed by atoms with Gasteiger partial charge in [-0.25, -0.2) is 4.79 Å². The number of carbonyl (C=O) groups excluding carboxylic acids is 1. The predicted octanol–water partition coefficient (Wildman–Crippen LogP) is 4.23. The van der Waals surface area contributed by atoms with Crippen molar-refractivity contribution in [2.24, 2.45) is 5.92 Å². The minimum absolute atomic E-state index is 0.112. The average Bonchev–Trinajstić information content (AvgIpc) is 2.78. The number of likely N-dealkylation sites (tertiary alicyclic amines) is 1. The van der Waals surface area contributed by atoms with E-state index in [0.29, 0.717) is 13.1 Å². The van der Waals surface area contributed by atoms with Gasteiger partial charge in [0.15, 0.2) is 0 Å². The van der Waals surface area contributed by atoms with Gasteiger partial charge in [0, 0.05) is 19.6 Å². The maximum Gasteiger partial charge on any atom is 0.315 e. The second kappa shape index (κ2) is 12.2. The van der Waals surface area contributed by atoms with Crippen LogP contribution in [-0.2, 0) is 13.0 Å². The Balaban J connectivity index is 1.26. The Morgan fingerprint density at radius 1 is 1.07 bits per heavy atom. The highest BCUT2D eigenvalue weighted by molar-refractivity contribution is 5.73. The van der Waals surface area contributed by atoms with E-state index in [-0.39, 0.29) is 6.03 Å². The second-order valence-corrected chi connectivity index (χ2v) is 8.17. The standard InChI is InChI=1S/C25H35N3O2/c1-30-24-13-7-11-22(18-24)19-27-25(29)26-14-5-6-15-28-16-8-12-23(20-28)17-21-9-3-2-4-10-21/h2-4,7,9-11,13,18,23H,5-6,8,12,14-17,19-20H2,1H3,(H2,26,27,29). The number of carbonyl (C=O) groups is 1. The van der Waals surface area contributed by atoms with Crippen molar-refractivity contribution in [1.29, 1.82) is 0 Å². The number of urea groups is 1. The van der Waals surface area contributed by atoms with Gasteiger partial charge in [-0.15, -0.1) is 0 Å². The zero-order valence-corrected chi connectivity index (χ0v) is 18.1. The Hall–Kier alpha value is -2.53. The zero-order chi connectivity index (χ0) is 21.0. The van der Waals surface area contributed by atoms with E-state index in [0.717, 1.165) is 36.6 Å². The second-order valence-electron chi connectivity index (χ2n) is 8.17. The number of benzene rings is 2. The summed E-state index contributed by atoms with van der Waals surface area (Å²) in [6, 6.07) is 18.5. The van der Waals surface area contributed by atoms with Crippen molar-refractivity contribution in [3.8, 4) is 5.75 Å². The molecule has 1 saturated heterocycles. The molecule has 1 heterocycles. The van der Waals surface area contributed by atoms with Crippen molar-refractivity contribution in [3.63, 3.8) is 0 Å². The van der Waals surface area contributed by atoms with Crippen molar-refractivity contribution in [2.75, 3.05) is 33.3 Å². The van der Waals surface area contributed by atoms with Crippen molar-refractivity contribution in [1.82, 2.24) is 15.5 Å². The van der Waals surface area contributed by atoms with Crippen LogP contribution in [0.25, 0.3) is 0 Å². The van der Waals surface area contributed by atoms with E-state index in [1.807, 2.05) is 24.3 Å². The lowest BCUT2D eigenvalue weighted by molar-refractivity contribution is 0.171. The first-order valence-electron chi connectivity index (χ1n) is 11.1. The van der Waals surface area contributed by atoms with Crippen LogP contribution in [0.2, 0.25) is 0 Å². The summed E-state index contributed by atoms with van der Waals surface area (Å²) in [7, 11) is 1.65. The van der Waals surface area contributed by atoms with Gasteiger partial charge in [0.1, 0.15) is 5.75 Å². The summed E-state index contributed by atoms with van der Waals surface area (Å²) in [6.45, 7) is 4.74. The van der Waals surface area contributed by atoms with Gasteiger partial charge < -0.3 is 20.3 Å². The number of hydrogen-bond donors (Lipinski definition) is 2. The largest absolute Gasteiger partial charge is 0.497 e. The van der Waals surface area contributed by atoms with Crippen LogP contribution in [0.3, 0.4) is 0 Å². The Labute approximate surface area is 180 Å². The highest BCUT2D eigenvalue weighted by Crippen LogP contribution is 2.21. The Kier molecular flexibility index (Phi) is 9.04. The normalized spacial score (nSPS) is 16.8. The Bertz CT molecular complexity index is 766. The number of nitrogens with one attached hydrogen (secondary N) is 2. The molecule has 0 aliphatic carbocycles. The molecule has 2 aromatic rings. The third-order valence-corrected chi connectivity index (χ3v) is 5.74. The molecule has 0 spiro atoms. The van der Waals surface area contributed by atoms with Crippen LogP contribution >= 0.6 is 0 Å². The number of piperidine rings is 1. The van der Waals surface area contributed by atoms with Gasteiger partial charge in [-0.1, -0.05) is 42.5 Å². The number of nitrogens with zero attached hydrogens (tertiary/aromatic N) is 1. The summed E-state index contributed by atoms with van der Waals surface area (Å²) in [5.74, 6) is 1.57. The lowest BCUT2D eigenvalue weighted by Gasteiger charge is -2.32. The average molecular weight is 410 g/mol. The lowest BCUT2D eigenvalue weighted by Crippen LogP contribution is -2.38. The number of rotatable bonds is 10. The summed E-state index contributed by atoms with van der Waals surface area (Å²) in [5, 5.41) is 5.86. The van der Waals surface area contributed by atoms with E-state index in [4.69, 9.17) is 4.74 Å². The minimum atomic E-state index is -0.112. The molecule has 0 aromatic heterocycles. The van der Waals surface area contributed by atoms with Crippen molar-refractivity contribution in [3.05, 3.63) is 65.7 Å². The van der Waals surface area contributed by atoms with Crippen LogP contribution in [0, 0.1) is 5.92 Å². The first kappa shape index (κ1) is 22.2. The molecule has 3 rings (SSSR count). The number of unbranched alkanes of at least 4 members (excludes halogenated alkanes) is 1. The molecule has 2 amide bonds. The molecule has 2 N–H and O–H groups in total. The molecule has 162 valence electrons. The monoisotopic (exact) mass is 409 g/mol. The third-order valence-electron chi connectivity index (χ3n) is 5.74. The highest BCUT2D eigenvalue weighted by atomic mass is 16.5. The highest BCUT2D eigenvalue weighted by Gasteiger charge is 2.19. The zero-order valence-electron chi connectivity index (χ0n) is 18.1. The molecule has 0 saturated carbocycles. The van der Waals surface area contributed by atoms with Crippen LogP contribution in [0.1, 0.15) is 36.8 Å². The van der Waals surface area contributed by atoms with E-state index in [1.165, 1.54) is 37.9 Å². The van der Waals surface area contributed by atoms with E-state index >= 15 is 0 Å². The molecular formula is C25H35N3O2. The van der Waals surface area contributed by atoms with E-state index < -0.39 is 0 Å². The number of amides is 2. The van der Waals surface area contributed by atoms with Crippen LogP contribution in [0.5, 0.6) is 5.75 Å². The summed E-state index contributed by atoms with van der Waals surface area (Å²) >= 11 is 0. The molecule has 1 fully saturated rings. The lowest BCUT2D eigenvalue weighted by atomic mass is 9.91. The Morgan fingerprint density at radius 3 is 2.73 bits per heavy atom. The fraction of sp³-hybridized carbons (Fsp3) is 0.480. The van der Waals surface area contributed by atoms with Crippen LogP contribution in [0.15, 0.2) is 54.6 Å². The fourth-order valence-corrected chi connectivity index (χ4v) is 4.16. The topological polar surface area (TPSA) is 53.6 Å². The van der Waals surface area contributed by atoms with E-state index in [9.17, 15) is 4.79 Å². The van der Waals surface area contributed by atoms with Crippen LogP contribution in [-0.4, -0.2) is 44.2 Å². The quantitative estimate of drug-likeness (QED) is 0.578. The van der Waals surface area contributed by atoms with Gasteiger partial charge in [0.25, 0.3) is 0 Å². The maximum absolute atomic E-state index is 12.0. The molecule has 5 heteroatoms. The molecule has 30 heavy (non-hydrogen) atoms. The molecule has 0 radical (unpaired) electrons.